The number of hydrogen-bond acceptors (Lipinski definition) is 1. The molecule has 1 nitrogen and oxygen atoms in total. The van der Waals surface area contributed by atoms with E-state index >= 15 is 0 Å². The average molecular weight is 266 g/mol. The zero-order chi connectivity index (χ0) is 9.42. The van der Waals surface area contributed by atoms with Gasteiger partial charge in [0.1, 0.15) is 11.6 Å². The van der Waals surface area contributed by atoms with E-state index in [1.807, 2.05) is 0 Å². The van der Waals surface area contributed by atoms with E-state index in [2.05, 4.69) is 15.9 Å². The lowest BCUT2D eigenvalue weighted by atomic mass is 10.1. The Balaban J connectivity index is 2.58. The molecule has 1 unspecified atom stereocenters. The van der Waals surface area contributed by atoms with Gasteiger partial charge in [-0.25, -0.2) is 4.39 Å². The van der Waals surface area contributed by atoms with Crippen LogP contribution in [0.15, 0.2) is 16.6 Å². The number of benzene rings is 1. The van der Waals surface area contributed by atoms with Gasteiger partial charge < -0.3 is 4.74 Å². The molecular weight excluding hydrogens is 258 g/mol. The lowest BCUT2D eigenvalue weighted by Crippen LogP contribution is -2.11. The summed E-state index contributed by atoms with van der Waals surface area (Å²) in [6.45, 7) is 0.596. The predicted molar refractivity (Wildman–Crippen MR) is 52.8 cm³/mol. The van der Waals surface area contributed by atoms with E-state index in [0.29, 0.717) is 16.8 Å². The van der Waals surface area contributed by atoms with Crippen molar-refractivity contribution in [2.75, 3.05) is 6.61 Å². The lowest BCUT2D eigenvalue weighted by Gasteiger charge is -2.22. The lowest BCUT2D eigenvalue weighted by molar-refractivity contribution is 0.283. The molecule has 0 aliphatic carbocycles. The number of halogens is 3. The number of fused-ring (bicyclic) bond motifs is 1. The van der Waals surface area contributed by atoms with Gasteiger partial charge in [0.25, 0.3) is 0 Å². The molecule has 0 amide bonds. The van der Waals surface area contributed by atoms with Crippen molar-refractivity contribution in [2.45, 2.75) is 11.8 Å². The summed E-state index contributed by atoms with van der Waals surface area (Å²) in [7, 11) is 0. The topological polar surface area (TPSA) is 9.23 Å². The third-order valence-electron chi connectivity index (χ3n) is 2.03. The first kappa shape index (κ1) is 9.28. The fourth-order valence-corrected chi connectivity index (χ4v) is 2.42. The predicted octanol–water partition coefficient (Wildman–Crippen LogP) is 3.65. The molecule has 1 aromatic rings. The Kier molecular flexibility index (Phi) is 2.47. The van der Waals surface area contributed by atoms with Crippen LogP contribution in [0.5, 0.6) is 5.75 Å². The number of hydrogen-bond donors (Lipinski definition) is 0. The minimum Gasteiger partial charge on any atom is -0.493 e. The maximum Gasteiger partial charge on any atom is 0.137 e. The Bertz CT molecular complexity index is 343. The third kappa shape index (κ3) is 1.55. The summed E-state index contributed by atoms with van der Waals surface area (Å²) in [6, 6.07) is 2.99. The molecule has 1 aliphatic rings. The van der Waals surface area contributed by atoms with Crippen molar-refractivity contribution in [3.05, 3.63) is 28.0 Å². The van der Waals surface area contributed by atoms with Gasteiger partial charge in [0.2, 0.25) is 0 Å². The Morgan fingerprint density at radius 3 is 3.08 bits per heavy atom. The first-order chi connectivity index (χ1) is 6.20. The maximum atomic E-state index is 13.1. The normalized spacial score (nSPS) is 20.7. The van der Waals surface area contributed by atoms with Gasteiger partial charge in [-0.1, -0.05) is 0 Å². The summed E-state index contributed by atoms with van der Waals surface area (Å²) in [5, 5.41) is -0.158. The van der Waals surface area contributed by atoms with Crippen LogP contribution in [0.3, 0.4) is 0 Å². The molecule has 0 saturated heterocycles. The smallest absolute Gasteiger partial charge is 0.137 e. The van der Waals surface area contributed by atoms with E-state index in [1.54, 1.807) is 6.07 Å². The van der Waals surface area contributed by atoms with Crippen molar-refractivity contribution < 1.29 is 9.13 Å². The van der Waals surface area contributed by atoms with Crippen LogP contribution in [0.25, 0.3) is 0 Å². The molecule has 1 aromatic carbocycles. The van der Waals surface area contributed by atoms with Crippen molar-refractivity contribution >= 4 is 27.5 Å². The zero-order valence-electron chi connectivity index (χ0n) is 6.69. The van der Waals surface area contributed by atoms with Crippen LogP contribution in [0.1, 0.15) is 17.4 Å². The zero-order valence-corrected chi connectivity index (χ0v) is 9.03. The molecule has 1 aliphatic heterocycles. The van der Waals surface area contributed by atoms with E-state index in [-0.39, 0.29) is 11.2 Å². The number of ether oxygens (including phenoxy) is 1. The van der Waals surface area contributed by atoms with Gasteiger partial charge >= 0.3 is 0 Å². The van der Waals surface area contributed by atoms with Crippen LogP contribution in [-0.4, -0.2) is 6.61 Å². The molecule has 2 rings (SSSR count). The second-order valence-corrected chi connectivity index (χ2v) is 4.20. The Hall–Kier alpha value is -0.280. The quantitative estimate of drug-likeness (QED) is 0.651. The molecule has 0 fully saturated rings. The molecule has 0 aromatic heterocycles. The Morgan fingerprint density at radius 1 is 1.54 bits per heavy atom. The third-order valence-corrected chi connectivity index (χ3v) is 3.28. The van der Waals surface area contributed by atoms with Crippen LogP contribution in [0, 0.1) is 5.82 Å². The second kappa shape index (κ2) is 3.46. The van der Waals surface area contributed by atoms with E-state index in [0.717, 1.165) is 12.0 Å². The van der Waals surface area contributed by atoms with Crippen LogP contribution in [0.2, 0.25) is 0 Å². The molecule has 70 valence electrons. The standard InChI is InChI=1S/C9H7BrClFO/c10-9-6(12)1-2-7-8(9)5(11)3-4-13-7/h1-2,5H,3-4H2. The summed E-state index contributed by atoms with van der Waals surface area (Å²) in [4.78, 5) is 0. The Morgan fingerprint density at radius 2 is 2.31 bits per heavy atom. The summed E-state index contributed by atoms with van der Waals surface area (Å²) in [5.74, 6) is 0.384. The summed E-state index contributed by atoms with van der Waals surface area (Å²) < 4.78 is 18.9. The monoisotopic (exact) mass is 264 g/mol. The number of rotatable bonds is 0. The second-order valence-electron chi connectivity index (χ2n) is 2.88. The minimum absolute atomic E-state index is 0.158. The van der Waals surface area contributed by atoms with Crippen molar-refractivity contribution in [3.63, 3.8) is 0 Å². The van der Waals surface area contributed by atoms with Crippen molar-refractivity contribution in [1.29, 1.82) is 0 Å². The molecule has 1 heterocycles. The highest BCUT2D eigenvalue weighted by Gasteiger charge is 2.23. The average Bonchev–Trinajstić information content (AvgIpc) is 2.12. The largest absolute Gasteiger partial charge is 0.493 e. The highest BCUT2D eigenvalue weighted by Crippen LogP contribution is 2.41. The van der Waals surface area contributed by atoms with Gasteiger partial charge in [-0.05, 0) is 28.1 Å². The molecule has 0 saturated carbocycles. The van der Waals surface area contributed by atoms with Crippen LogP contribution in [-0.2, 0) is 0 Å². The molecule has 1 atom stereocenters. The van der Waals surface area contributed by atoms with Gasteiger partial charge in [0.05, 0.1) is 16.5 Å². The molecule has 0 spiro atoms. The fraction of sp³-hybridized carbons (Fsp3) is 0.333. The Labute approximate surface area is 89.0 Å². The van der Waals surface area contributed by atoms with Gasteiger partial charge in [-0.2, -0.15) is 0 Å². The van der Waals surface area contributed by atoms with Gasteiger partial charge in [0, 0.05) is 12.0 Å². The minimum atomic E-state index is -0.296. The van der Waals surface area contributed by atoms with Gasteiger partial charge in [0.15, 0.2) is 0 Å². The SMILES string of the molecule is Fc1ccc2c(c1Br)C(Cl)CCO2. The first-order valence-electron chi connectivity index (χ1n) is 3.95. The van der Waals surface area contributed by atoms with Crippen LogP contribution in [0.4, 0.5) is 4.39 Å². The highest BCUT2D eigenvalue weighted by atomic mass is 79.9. The van der Waals surface area contributed by atoms with E-state index in [9.17, 15) is 4.39 Å². The van der Waals surface area contributed by atoms with Gasteiger partial charge in [-0.3, -0.25) is 0 Å². The van der Waals surface area contributed by atoms with E-state index in [1.165, 1.54) is 6.07 Å². The molecule has 13 heavy (non-hydrogen) atoms. The molecular formula is C9H7BrClFO. The van der Waals surface area contributed by atoms with Crippen LogP contribution < -0.4 is 4.74 Å². The summed E-state index contributed by atoms with van der Waals surface area (Å²) >= 11 is 9.21. The summed E-state index contributed by atoms with van der Waals surface area (Å²) in [5.41, 5.74) is 0.730. The molecule has 0 radical (unpaired) electrons. The van der Waals surface area contributed by atoms with E-state index < -0.39 is 0 Å². The molecule has 4 heteroatoms. The summed E-state index contributed by atoms with van der Waals surface area (Å²) in [6.07, 6.45) is 0.719. The van der Waals surface area contributed by atoms with Crippen molar-refractivity contribution in [2.24, 2.45) is 0 Å². The fourth-order valence-electron chi connectivity index (χ4n) is 1.38. The maximum absolute atomic E-state index is 13.1. The van der Waals surface area contributed by atoms with Crippen LogP contribution >= 0.6 is 27.5 Å². The van der Waals surface area contributed by atoms with Gasteiger partial charge in [-0.15, -0.1) is 11.6 Å². The molecule has 0 N–H and O–H groups in total. The van der Waals surface area contributed by atoms with E-state index in [4.69, 9.17) is 16.3 Å². The number of alkyl halides is 1. The highest BCUT2D eigenvalue weighted by molar-refractivity contribution is 9.10. The molecule has 0 bridgehead atoms. The first-order valence-corrected chi connectivity index (χ1v) is 5.18. The van der Waals surface area contributed by atoms with Crippen molar-refractivity contribution in [1.82, 2.24) is 0 Å². The van der Waals surface area contributed by atoms with Crippen molar-refractivity contribution in [3.8, 4) is 5.75 Å².